The fraction of sp³-hybridized carbons (Fsp3) is 0.929. The Balaban J connectivity index is 1.80. The van der Waals surface area contributed by atoms with Crippen molar-refractivity contribution in [1.29, 1.82) is 0 Å². The zero-order chi connectivity index (χ0) is 12.8. The Bertz CT molecular complexity index is 279. The summed E-state index contributed by atoms with van der Waals surface area (Å²) in [6.45, 7) is 0.703. The van der Waals surface area contributed by atoms with Crippen LogP contribution in [0.3, 0.4) is 0 Å². The second-order valence-electron chi connectivity index (χ2n) is 5.77. The van der Waals surface area contributed by atoms with E-state index in [1.807, 2.05) is 0 Å². The number of guanidine groups is 1. The van der Waals surface area contributed by atoms with E-state index in [0.717, 1.165) is 12.8 Å². The topological polar surface area (TPSA) is 59.6 Å². The molecule has 3 N–H and O–H groups in total. The molecule has 0 spiro atoms. The fourth-order valence-corrected chi connectivity index (χ4v) is 3.18. The molecular weight excluding hydrogens is 226 g/mol. The summed E-state index contributed by atoms with van der Waals surface area (Å²) >= 11 is 0. The van der Waals surface area contributed by atoms with Gasteiger partial charge in [-0.3, -0.25) is 4.99 Å². The average Bonchev–Trinajstić information content (AvgIpc) is 2.87. The minimum absolute atomic E-state index is 0.0428. The highest BCUT2D eigenvalue weighted by Crippen LogP contribution is 2.32. The van der Waals surface area contributed by atoms with E-state index in [0.29, 0.717) is 18.5 Å². The van der Waals surface area contributed by atoms with Gasteiger partial charge in [0.15, 0.2) is 5.96 Å². The first-order valence-electron chi connectivity index (χ1n) is 7.36. The van der Waals surface area contributed by atoms with Crippen molar-refractivity contribution in [3.8, 4) is 0 Å². The lowest BCUT2D eigenvalue weighted by molar-refractivity contribution is 0.00422. The molecule has 0 unspecified atom stereocenters. The van der Waals surface area contributed by atoms with Crippen LogP contribution in [-0.2, 0) is 4.74 Å². The maximum absolute atomic E-state index is 5.98. The predicted octanol–water partition coefficient (Wildman–Crippen LogP) is 2.18. The Labute approximate surface area is 110 Å². The molecule has 0 aromatic heterocycles. The second kappa shape index (κ2) is 6.41. The van der Waals surface area contributed by atoms with Crippen LogP contribution in [0.2, 0.25) is 0 Å². The molecule has 4 nitrogen and oxygen atoms in total. The highest BCUT2D eigenvalue weighted by atomic mass is 16.5. The maximum atomic E-state index is 5.98. The molecule has 2 aliphatic rings. The Morgan fingerprint density at radius 2 is 1.89 bits per heavy atom. The van der Waals surface area contributed by atoms with Gasteiger partial charge in [0.25, 0.3) is 0 Å². The van der Waals surface area contributed by atoms with E-state index in [-0.39, 0.29) is 5.60 Å². The van der Waals surface area contributed by atoms with Gasteiger partial charge in [0, 0.05) is 13.2 Å². The summed E-state index contributed by atoms with van der Waals surface area (Å²) in [5.41, 5.74) is 5.94. The average molecular weight is 253 g/mol. The molecule has 0 aromatic carbocycles. The normalized spacial score (nSPS) is 25.3. The lowest BCUT2D eigenvalue weighted by Gasteiger charge is -2.26. The van der Waals surface area contributed by atoms with Gasteiger partial charge in [0.1, 0.15) is 0 Å². The smallest absolute Gasteiger partial charge is 0.188 e. The van der Waals surface area contributed by atoms with Crippen LogP contribution in [0.5, 0.6) is 0 Å². The third-order valence-corrected chi connectivity index (χ3v) is 4.44. The van der Waals surface area contributed by atoms with Crippen LogP contribution < -0.4 is 11.1 Å². The molecule has 0 bridgehead atoms. The standard InChI is InChI=1S/C14H27N3O/c1-18-14(9-5-6-10-14)11-16-13(15)17-12-7-3-2-4-8-12/h12H,2-11H2,1H3,(H3,15,16,17). The largest absolute Gasteiger partial charge is 0.376 e. The second-order valence-corrected chi connectivity index (χ2v) is 5.77. The van der Waals surface area contributed by atoms with E-state index in [2.05, 4.69) is 10.3 Å². The minimum atomic E-state index is -0.0428. The summed E-state index contributed by atoms with van der Waals surface area (Å²) in [6, 6.07) is 0.532. The van der Waals surface area contributed by atoms with Gasteiger partial charge >= 0.3 is 0 Å². The Hall–Kier alpha value is -0.770. The van der Waals surface area contributed by atoms with Crippen LogP contribution >= 0.6 is 0 Å². The molecule has 4 heteroatoms. The SMILES string of the molecule is COC1(CN=C(N)NC2CCCCC2)CCCC1. The summed E-state index contributed by atoms with van der Waals surface area (Å²) in [7, 11) is 1.80. The molecule has 0 amide bonds. The van der Waals surface area contributed by atoms with Gasteiger partial charge in [-0.25, -0.2) is 0 Å². The molecule has 0 heterocycles. The maximum Gasteiger partial charge on any atom is 0.188 e. The number of nitrogens with one attached hydrogen (secondary N) is 1. The van der Waals surface area contributed by atoms with Gasteiger partial charge in [0.2, 0.25) is 0 Å². The van der Waals surface area contributed by atoms with Crippen molar-refractivity contribution in [2.45, 2.75) is 69.4 Å². The van der Waals surface area contributed by atoms with Gasteiger partial charge in [0.05, 0.1) is 12.1 Å². The zero-order valence-corrected chi connectivity index (χ0v) is 11.6. The molecule has 2 aliphatic carbocycles. The Morgan fingerprint density at radius 1 is 1.22 bits per heavy atom. The third kappa shape index (κ3) is 3.61. The highest BCUT2D eigenvalue weighted by molar-refractivity contribution is 5.78. The van der Waals surface area contributed by atoms with Crippen molar-refractivity contribution in [2.24, 2.45) is 10.7 Å². The summed E-state index contributed by atoms with van der Waals surface area (Å²) in [5.74, 6) is 0.602. The molecule has 2 rings (SSSR count). The van der Waals surface area contributed by atoms with Crippen LogP contribution in [0.1, 0.15) is 57.8 Å². The number of methoxy groups -OCH3 is 1. The molecule has 0 saturated heterocycles. The molecule has 0 aromatic rings. The number of hydrogen-bond acceptors (Lipinski definition) is 2. The molecule has 104 valence electrons. The van der Waals surface area contributed by atoms with E-state index in [4.69, 9.17) is 10.5 Å². The number of hydrogen-bond donors (Lipinski definition) is 2. The van der Waals surface area contributed by atoms with Gasteiger partial charge < -0.3 is 15.8 Å². The minimum Gasteiger partial charge on any atom is -0.376 e. The molecule has 0 atom stereocenters. The quantitative estimate of drug-likeness (QED) is 0.596. The molecule has 2 saturated carbocycles. The van der Waals surface area contributed by atoms with Crippen LogP contribution in [0.15, 0.2) is 4.99 Å². The summed E-state index contributed by atoms with van der Waals surface area (Å²) < 4.78 is 5.65. The van der Waals surface area contributed by atoms with Crippen molar-refractivity contribution < 1.29 is 4.74 Å². The Kier molecular flexibility index (Phi) is 4.87. The van der Waals surface area contributed by atoms with Crippen molar-refractivity contribution in [3.63, 3.8) is 0 Å². The lowest BCUT2D eigenvalue weighted by Crippen LogP contribution is -2.42. The molecule has 2 fully saturated rings. The van der Waals surface area contributed by atoms with Crippen LogP contribution in [0.25, 0.3) is 0 Å². The number of nitrogens with two attached hydrogens (primary N) is 1. The first-order chi connectivity index (χ1) is 8.74. The number of rotatable bonds is 4. The van der Waals surface area contributed by atoms with Gasteiger partial charge in [-0.05, 0) is 25.7 Å². The lowest BCUT2D eigenvalue weighted by atomic mass is 9.96. The van der Waals surface area contributed by atoms with Crippen molar-refractivity contribution in [3.05, 3.63) is 0 Å². The summed E-state index contributed by atoms with van der Waals surface area (Å²) in [5, 5.41) is 3.36. The number of ether oxygens (including phenoxy) is 1. The first-order valence-corrected chi connectivity index (χ1v) is 7.36. The van der Waals surface area contributed by atoms with E-state index in [1.165, 1.54) is 44.9 Å². The van der Waals surface area contributed by atoms with Crippen LogP contribution in [0.4, 0.5) is 0 Å². The van der Waals surface area contributed by atoms with Crippen molar-refractivity contribution >= 4 is 5.96 Å². The van der Waals surface area contributed by atoms with E-state index >= 15 is 0 Å². The van der Waals surface area contributed by atoms with Crippen LogP contribution in [-0.4, -0.2) is 31.3 Å². The van der Waals surface area contributed by atoms with Crippen LogP contribution in [0, 0.1) is 0 Å². The van der Waals surface area contributed by atoms with E-state index < -0.39 is 0 Å². The van der Waals surface area contributed by atoms with E-state index in [9.17, 15) is 0 Å². The predicted molar refractivity (Wildman–Crippen MR) is 74.7 cm³/mol. The van der Waals surface area contributed by atoms with Gasteiger partial charge in [-0.15, -0.1) is 0 Å². The molecule has 0 radical (unpaired) electrons. The molecule has 0 aliphatic heterocycles. The van der Waals surface area contributed by atoms with E-state index in [1.54, 1.807) is 7.11 Å². The fourth-order valence-electron chi connectivity index (χ4n) is 3.18. The third-order valence-electron chi connectivity index (χ3n) is 4.44. The number of aliphatic imine (C=N–C) groups is 1. The summed E-state index contributed by atoms with van der Waals surface area (Å²) in [4.78, 5) is 4.50. The monoisotopic (exact) mass is 253 g/mol. The summed E-state index contributed by atoms with van der Waals surface area (Å²) in [6.07, 6.45) is 11.2. The molecule has 18 heavy (non-hydrogen) atoms. The van der Waals surface area contributed by atoms with Crippen molar-refractivity contribution in [1.82, 2.24) is 5.32 Å². The Morgan fingerprint density at radius 3 is 2.50 bits per heavy atom. The highest BCUT2D eigenvalue weighted by Gasteiger charge is 2.33. The van der Waals surface area contributed by atoms with Gasteiger partial charge in [-0.2, -0.15) is 0 Å². The number of nitrogens with zero attached hydrogens (tertiary/aromatic N) is 1. The molecular formula is C14H27N3O. The zero-order valence-electron chi connectivity index (χ0n) is 11.6. The van der Waals surface area contributed by atoms with Crippen molar-refractivity contribution in [2.75, 3.05) is 13.7 Å². The van der Waals surface area contributed by atoms with Gasteiger partial charge in [-0.1, -0.05) is 32.1 Å². The first kappa shape index (κ1) is 13.7.